The number of aromatic nitrogens is 3. The Balaban J connectivity index is 1.81. The van der Waals surface area contributed by atoms with Crippen LogP contribution in [-0.4, -0.2) is 51.3 Å². The first kappa shape index (κ1) is 25.7. The second-order valence-electron chi connectivity index (χ2n) is 10.3. The number of rotatable bonds is 7. The number of nitrogens with zero attached hydrogens (tertiary/aromatic N) is 4. The first-order chi connectivity index (χ1) is 15.9. The summed E-state index contributed by atoms with van der Waals surface area (Å²) in [4.78, 5) is 26.4. The minimum Gasteiger partial charge on any atom is -0.444 e. The van der Waals surface area contributed by atoms with Crippen molar-refractivity contribution in [1.29, 1.82) is 0 Å². The number of hydrogen-bond donors (Lipinski definition) is 1. The van der Waals surface area contributed by atoms with Crippen molar-refractivity contribution in [1.82, 2.24) is 20.3 Å². The highest BCUT2D eigenvalue weighted by atomic mass is 16.6. The molecule has 1 aromatic carbocycles. The van der Waals surface area contributed by atoms with Crippen LogP contribution >= 0.6 is 0 Å². The van der Waals surface area contributed by atoms with E-state index in [0.717, 1.165) is 23.2 Å². The van der Waals surface area contributed by atoms with Crippen molar-refractivity contribution < 1.29 is 19.1 Å². The largest absolute Gasteiger partial charge is 0.444 e. The Morgan fingerprint density at radius 3 is 2.59 bits per heavy atom. The van der Waals surface area contributed by atoms with Gasteiger partial charge in [0.2, 0.25) is 5.91 Å². The van der Waals surface area contributed by atoms with Crippen LogP contribution in [0.4, 0.5) is 10.5 Å². The maximum Gasteiger partial charge on any atom is 0.408 e. The predicted octanol–water partition coefficient (Wildman–Crippen LogP) is 4.47. The molecular formula is C25H37N5O4. The molecule has 3 rings (SSSR count). The number of hydrogen-bond acceptors (Lipinski definition) is 6. The van der Waals surface area contributed by atoms with Gasteiger partial charge in [-0.3, -0.25) is 4.79 Å². The minimum absolute atomic E-state index is 0.0364. The maximum absolute atomic E-state index is 12.5. The molecule has 0 saturated heterocycles. The number of amides is 2. The van der Waals surface area contributed by atoms with Crippen LogP contribution in [0.15, 0.2) is 24.4 Å². The van der Waals surface area contributed by atoms with Gasteiger partial charge in [0.05, 0.1) is 31.0 Å². The van der Waals surface area contributed by atoms with E-state index in [1.54, 1.807) is 16.5 Å². The lowest BCUT2D eigenvalue weighted by atomic mass is 9.93. The van der Waals surface area contributed by atoms with Gasteiger partial charge in [-0.2, -0.15) is 0 Å². The lowest BCUT2D eigenvalue weighted by Gasteiger charge is -2.34. The van der Waals surface area contributed by atoms with E-state index >= 15 is 0 Å². The summed E-state index contributed by atoms with van der Waals surface area (Å²) < 4.78 is 13.1. The third-order valence-electron chi connectivity index (χ3n) is 5.91. The number of carbonyl (C=O) groups excluding carboxylic acids is 2. The molecule has 0 bridgehead atoms. The predicted molar refractivity (Wildman–Crippen MR) is 131 cm³/mol. The van der Waals surface area contributed by atoms with Gasteiger partial charge >= 0.3 is 6.09 Å². The van der Waals surface area contributed by atoms with E-state index in [1.165, 1.54) is 0 Å². The van der Waals surface area contributed by atoms with Gasteiger partial charge in [-0.05, 0) is 65.2 Å². The smallest absolute Gasteiger partial charge is 0.408 e. The highest BCUT2D eigenvalue weighted by Crippen LogP contribution is 2.37. The molecule has 9 heteroatoms. The number of alkyl carbamates (subject to hydrolysis) is 1. The Hall–Kier alpha value is -2.94. The molecule has 1 aliphatic heterocycles. The van der Waals surface area contributed by atoms with Crippen LogP contribution in [0.25, 0.3) is 11.3 Å². The van der Waals surface area contributed by atoms with E-state index < -0.39 is 11.7 Å². The van der Waals surface area contributed by atoms with Crippen LogP contribution in [0.5, 0.6) is 0 Å². The SMILES string of the molecule is CCC(C)(C)OCCn1cc(-c2ccc3c(c2)C(NC(=O)OC(C)(C)C)CCN3C(C)=O)nn1. The number of benzene rings is 1. The number of ether oxygens (including phenoxy) is 2. The van der Waals surface area contributed by atoms with Gasteiger partial charge in [0.25, 0.3) is 0 Å². The van der Waals surface area contributed by atoms with Crippen LogP contribution in [0.1, 0.15) is 72.9 Å². The fourth-order valence-electron chi connectivity index (χ4n) is 3.76. The van der Waals surface area contributed by atoms with Crippen LogP contribution in [0, 0.1) is 0 Å². The molecule has 0 radical (unpaired) electrons. The second-order valence-corrected chi connectivity index (χ2v) is 10.3. The first-order valence-corrected chi connectivity index (χ1v) is 11.8. The Morgan fingerprint density at radius 1 is 1.21 bits per heavy atom. The zero-order valence-corrected chi connectivity index (χ0v) is 21.3. The summed E-state index contributed by atoms with van der Waals surface area (Å²) in [6.07, 6.45) is 2.92. The summed E-state index contributed by atoms with van der Waals surface area (Å²) in [5, 5.41) is 11.5. The van der Waals surface area contributed by atoms with Crippen LogP contribution in [0.3, 0.4) is 0 Å². The molecule has 2 amide bonds. The van der Waals surface area contributed by atoms with E-state index in [2.05, 4.69) is 36.4 Å². The fraction of sp³-hybridized carbons (Fsp3) is 0.600. The zero-order chi connectivity index (χ0) is 25.1. The van der Waals surface area contributed by atoms with E-state index in [4.69, 9.17) is 9.47 Å². The summed E-state index contributed by atoms with van der Waals surface area (Å²) in [6, 6.07) is 5.52. The normalized spacial score (nSPS) is 16.2. The molecule has 1 aromatic heterocycles. The van der Waals surface area contributed by atoms with Crippen molar-refractivity contribution in [3.05, 3.63) is 30.0 Å². The fourth-order valence-corrected chi connectivity index (χ4v) is 3.76. The van der Waals surface area contributed by atoms with Crippen molar-refractivity contribution in [3.8, 4) is 11.3 Å². The average Bonchev–Trinajstić information content (AvgIpc) is 3.21. The van der Waals surface area contributed by atoms with Crippen molar-refractivity contribution in [2.75, 3.05) is 18.1 Å². The van der Waals surface area contributed by atoms with Gasteiger partial charge < -0.3 is 19.7 Å². The van der Waals surface area contributed by atoms with Crippen molar-refractivity contribution in [2.24, 2.45) is 0 Å². The molecule has 0 fully saturated rings. The molecule has 1 unspecified atom stereocenters. The molecular weight excluding hydrogens is 434 g/mol. The molecule has 34 heavy (non-hydrogen) atoms. The Morgan fingerprint density at radius 2 is 1.94 bits per heavy atom. The highest BCUT2D eigenvalue weighted by Gasteiger charge is 2.30. The van der Waals surface area contributed by atoms with E-state index in [-0.39, 0.29) is 17.6 Å². The molecule has 9 nitrogen and oxygen atoms in total. The number of anilines is 1. The summed E-state index contributed by atoms with van der Waals surface area (Å²) in [5.74, 6) is -0.0364. The number of fused-ring (bicyclic) bond motifs is 1. The summed E-state index contributed by atoms with van der Waals surface area (Å²) in [6.45, 7) is 14.9. The van der Waals surface area contributed by atoms with Crippen molar-refractivity contribution >= 4 is 17.7 Å². The molecule has 2 aromatic rings. The van der Waals surface area contributed by atoms with E-state index in [0.29, 0.717) is 31.8 Å². The van der Waals surface area contributed by atoms with Gasteiger partial charge in [0, 0.05) is 24.7 Å². The topological polar surface area (TPSA) is 98.6 Å². The molecule has 0 spiro atoms. The number of nitrogens with one attached hydrogen (secondary N) is 1. The maximum atomic E-state index is 12.5. The summed E-state index contributed by atoms with van der Waals surface area (Å²) in [7, 11) is 0. The third-order valence-corrected chi connectivity index (χ3v) is 5.91. The Bertz CT molecular complexity index is 1020. The van der Waals surface area contributed by atoms with E-state index in [9.17, 15) is 9.59 Å². The van der Waals surface area contributed by atoms with Crippen molar-refractivity contribution in [2.45, 2.75) is 85.1 Å². The van der Waals surface area contributed by atoms with E-state index in [1.807, 2.05) is 45.2 Å². The van der Waals surface area contributed by atoms with Gasteiger partial charge in [0.1, 0.15) is 11.3 Å². The lowest BCUT2D eigenvalue weighted by molar-refractivity contribution is -0.116. The summed E-state index contributed by atoms with van der Waals surface area (Å²) in [5.41, 5.74) is 2.46. The molecule has 1 atom stereocenters. The summed E-state index contributed by atoms with van der Waals surface area (Å²) >= 11 is 0. The molecule has 1 aliphatic rings. The Labute approximate surface area is 201 Å². The monoisotopic (exact) mass is 471 g/mol. The zero-order valence-electron chi connectivity index (χ0n) is 21.3. The highest BCUT2D eigenvalue weighted by molar-refractivity contribution is 5.93. The van der Waals surface area contributed by atoms with Gasteiger partial charge in [0.15, 0.2) is 0 Å². The lowest BCUT2D eigenvalue weighted by Crippen LogP contribution is -2.41. The standard InChI is InChI=1S/C25H37N5O4/c1-8-25(6,7)33-14-13-29-16-21(27-28-29)18-9-10-22-19(15-18)20(11-12-30(22)17(2)31)26-23(32)34-24(3,4)5/h9-10,15-16,20H,8,11-14H2,1-7H3,(H,26,32). The molecule has 186 valence electrons. The molecule has 0 aliphatic carbocycles. The molecule has 2 heterocycles. The van der Waals surface area contributed by atoms with Crippen molar-refractivity contribution in [3.63, 3.8) is 0 Å². The van der Waals surface area contributed by atoms with Gasteiger partial charge in [-0.15, -0.1) is 5.10 Å². The van der Waals surface area contributed by atoms with Crippen LogP contribution in [-0.2, 0) is 20.8 Å². The van der Waals surface area contributed by atoms with Gasteiger partial charge in [-0.1, -0.05) is 18.2 Å². The number of carbonyl (C=O) groups is 2. The first-order valence-electron chi connectivity index (χ1n) is 11.8. The minimum atomic E-state index is -0.594. The molecule has 0 saturated carbocycles. The van der Waals surface area contributed by atoms with Gasteiger partial charge in [-0.25, -0.2) is 9.48 Å². The Kier molecular flexibility index (Phi) is 7.65. The third kappa shape index (κ3) is 6.56. The van der Waals surface area contributed by atoms with Crippen LogP contribution in [0.2, 0.25) is 0 Å². The van der Waals surface area contributed by atoms with Crippen LogP contribution < -0.4 is 10.2 Å². The average molecular weight is 472 g/mol. The second kappa shape index (κ2) is 10.1. The quantitative estimate of drug-likeness (QED) is 0.640. The molecule has 1 N–H and O–H groups in total.